The Morgan fingerprint density at radius 2 is 1.89 bits per heavy atom. The van der Waals surface area contributed by atoms with Gasteiger partial charge in [-0.25, -0.2) is 8.78 Å². The summed E-state index contributed by atoms with van der Waals surface area (Å²) in [4.78, 5) is 16.2. The maximum absolute atomic E-state index is 13.6. The van der Waals surface area contributed by atoms with Crippen LogP contribution in [0.15, 0.2) is 60.9 Å². The number of nitrogens with zero attached hydrogens (tertiary/aromatic N) is 4. The van der Waals surface area contributed by atoms with Crippen LogP contribution in [-0.4, -0.2) is 89.3 Å². The van der Waals surface area contributed by atoms with E-state index in [0.717, 1.165) is 23.4 Å². The van der Waals surface area contributed by atoms with E-state index in [2.05, 4.69) is 5.10 Å². The summed E-state index contributed by atoms with van der Waals surface area (Å²) < 4.78 is 45.2. The van der Waals surface area contributed by atoms with Crippen molar-refractivity contribution in [3.63, 3.8) is 0 Å². The number of hydrogen-bond acceptors (Lipinski definition) is 7. The van der Waals surface area contributed by atoms with Crippen molar-refractivity contribution >= 4 is 5.91 Å². The molecule has 1 atom stereocenters. The quantitative estimate of drug-likeness (QED) is 0.407. The molecule has 1 aliphatic heterocycles. The Hall–Kier alpha value is -3.54. The molecule has 11 heteroatoms. The van der Waals surface area contributed by atoms with Crippen LogP contribution in [0.25, 0.3) is 0 Å². The van der Waals surface area contributed by atoms with E-state index in [1.54, 1.807) is 10.9 Å². The molecular formula is C27H32F2N4O5. The summed E-state index contributed by atoms with van der Waals surface area (Å²) in [6.07, 6.45) is 3.59. The Labute approximate surface area is 220 Å². The number of amides is 1. The third kappa shape index (κ3) is 7.73. The third-order valence-electron chi connectivity index (χ3n) is 6.16. The zero-order chi connectivity index (χ0) is 27.0. The highest BCUT2D eigenvalue weighted by Gasteiger charge is 2.37. The van der Waals surface area contributed by atoms with Crippen LogP contribution in [0.1, 0.15) is 5.56 Å². The second-order valence-corrected chi connectivity index (χ2v) is 9.31. The Bertz CT molecular complexity index is 1200. The second kappa shape index (κ2) is 12.8. The molecule has 4 rings (SSSR count). The SMILES string of the molecule is COCC(=O)N1CCN(Cc2cccc(OCCn3cccn3)c2)CC(O)(COc2ccc(F)c(F)c2)C1. The lowest BCUT2D eigenvalue weighted by molar-refractivity contribution is -0.138. The average Bonchev–Trinajstić information content (AvgIpc) is 3.35. The predicted octanol–water partition coefficient (Wildman–Crippen LogP) is 2.34. The maximum atomic E-state index is 13.6. The number of β-amino-alcohol motifs (C(OH)–C–C–N with tert-alkyl or cyclic N) is 1. The van der Waals surface area contributed by atoms with E-state index in [-0.39, 0.29) is 38.0 Å². The smallest absolute Gasteiger partial charge is 0.248 e. The van der Waals surface area contributed by atoms with Crippen LogP contribution in [0.5, 0.6) is 11.5 Å². The van der Waals surface area contributed by atoms with Gasteiger partial charge in [-0.1, -0.05) is 12.1 Å². The van der Waals surface area contributed by atoms with Gasteiger partial charge in [0.05, 0.1) is 13.1 Å². The largest absolute Gasteiger partial charge is 0.492 e. The summed E-state index contributed by atoms with van der Waals surface area (Å²) in [5.41, 5.74) is -0.495. The highest BCUT2D eigenvalue weighted by Crippen LogP contribution is 2.22. The zero-order valence-electron chi connectivity index (χ0n) is 21.3. The number of aliphatic hydroxyl groups is 1. The van der Waals surface area contributed by atoms with Crippen molar-refractivity contribution in [2.75, 3.05) is 53.1 Å². The molecule has 0 saturated carbocycles. The number of benzene rings is 2. The first-order valence-electron chi connectivity index (χ1n) is 12.3. The molecule has 0 spiro atoms. The first-order valence-corrected chi connectivity index (χ1v) is 12.3. The van der Waals surface area contributed by atoms with Crippen LogP contribution in [-0.2, 0) is 22.6 Å². The van der Waals surface area contributed by atoms with Crippen LogP contribution < -0.4 is 9.47 Å². The predicted molar refractivity (Wildman–Crippen MR) is 135 cm³/mol. The fourth-order valence-corrected chi connectivity index (χ4v) is 4.36. The van der Waals surface area contributed by atoms with E-state index >= 15 is 0 Å². The number of halogens is 2. The molecule has 1 saturated heterocycles. The molecule has 1 N–H and O–H groups in total. The van der Waals surface area contributed by atoms with Gasteiger partial charge < -0.3 is 24.2 Å². The molecule has 0 radical (unpaired) electrons. The first-order chi connectivity index (χ1) is 18.3. The summed E-state index contributed by atoms with van der Waals surface area (Å²) in [6.45, 7) is 2.34. The fraction of sp³-hybridized carbons (Fsp3) is 0.407. The van der Waals surface area contributed by atoms with Crippen LogP contribution in [0.3, 0.4) is 0 Å². The van der Waals surface area contributed by atoms with E-state index in [0.29, 0.717) is 32.8 Å². The third-order valence-corrected chi connectivity index (χ3v) is 6.16. The second-order valence-electron chi connectivity index (χ2n) is 9.31. The van der Waals surface area contributed by atoms with E-state index in [4.69, 9.17) is 14.2 Å². The lowest BCUT2D eigenvalue weighted by Gasteiger charge is -2.33. The summed E-state index contributed by atoms with van der Waals surface area (Å²) >= 11 is 0. The van der Waals surface area contributed by atoms with Gasteiger partial charge in [0.2, 0.25) is 5.91 Å². The standard InChI is InChI=1S/C27H32F2N4O5/c1-36-17-26(34)32-11-10-31(18-27(35,19-32)20-38-23-6-7-24(28)25(29)15-23)16-21-4-2-5-22(14-21)37-13-12-33-9-3-8-30-33/h2-9,14-15,35H,10-13,16-20H2,1H3. The Kier molecular flexibility index (Phi) is 9.27. The molecule has 204 valence electrons. The van der Waals surface area contributed by atoms with Gasteiger partial charge in [0.15, 0.2) is 11.6 Å². The number of carbonyl (C=O) groups excluding carboxylic acids is 1. The van der Waals surface area contributed by atoms with E-state index in [9.17, 15) is 18.7 Å². The Morgan fingerprint density at radius 3 is 2.66 bits per heavy atom. The Balaban J connectivity index is 1.43. The molecular weight excluding hydrogens is 498 g/mol. The van der Waals surface area contributed by atoms with Gasteiger partial charge in [0.1, 0.15) is 36.9 Å². The van der Waals surface area contributed by atoms with Crippen molar-refractivity contribution < 1.29 is 32.9 Å². The van der Waals surface area contributed by atoms with Crippen LogP contribution >= 0.6 is 0 Å². The van der Waals surface area contributed by atoms with Gasteiger partial charge in [-0.2, -0.15) is 5.10 Å². The number of aromatic nitrogens is 2. The number of rotatable bonds is 11. The molecule has 1 unspecified atom stereocenters. The van der Waals surface area contributed by atoms with Gasteiger partial charge in [-0.15, -0.1) is 0 Å². The molecule has 9 nitrogen and oxygen atoms in total. The van der Waals surface area contributed by atoms with E-state index in [1.807, 2.05) is 41.4 Å². The van der Waals surface area contributed by atoms with Crippen molar-refractivity contribution in [2.45, 2.75) is 18.7 Å². The van der Waals surface area contributed by atoms with Gasteiger partial charge in [-0.05, 0) is 35.9 Å². The van der Waals surface area contributed by atoms with Crippen molar-refractivity contribution in [1.82, 2.24) is 19.6 Å². The van der Waals surface area contributed by atoms with Gasteiger partial charge >= 0.3 is 0 Å². The van der Waals surface area contributed by atoms with E-state index < -0.39 is 17.2 Å². The summed E-state index contributed by atoms with van der Waals surface area (Å²) in [7, 11) is 1.44. The molecule has 2 aromatic carbocycles. The number of hydrogen-bond donors (Lipinski definition) is 1. The normalized spacial score (nSPS) is 18.3. The molecule has 2 heterocycles. The molecule has 3 aromatic rings. The summed E-state index contributed by atoms with van der Waals surface area (Å²) in [5, 5.41) is 15.7. The summed E-state index contributed by atoms with van der Waals surface area (Å²) in [6, 6.07) is 12.7. The molecule has 1 aliphatic rings. The number of ether oxygens (including phenoxy) is 3. The molecule has 38 heavy (non-hydrogen) atoms. The maximum Gasteiger partial charge on any atom is 0.248 e. The van der Waals surface area contributed by atoms with Gasteiger partial charge in [-0.3, -0.25) is 14.4 Å². The summed E-state index contributed by atoms with van der Waals surface area (Å²) in [5.74, 6) is -1.48. The minimum absolute atomic E-state index is 0.00590. The highest BCUT2D eigenvalue weighted by atomic mass is 19.2. The molecule has 1 amide bonds. The lowest BCUT2D eigenvalue weighted by Crippen LogP contribution is -2.52. The Morgan fingerprint density at radius 1 is 1.05 bits per heavy atom. The molecule has 0 aliphatic carbocycles. The zero-order valence-corrected chi connectivity index (χ0v) is 21.3. The van der Waals surface area contributed by atoms with Gasteiger partial charge in [0, 0.05) is 51.7 Å². The minimum atomic E-state index is -1.47. The molecule has 0 bridgehead atoms. The topological polar surface area (TPSA) is 89.3 Å². The van der Waals surface area contributed by atoms with E-state index in [1.165, 1.54) is 18.1 Å². The highest BCUT2D eigenvalue weighted by molar-refractivity contribution is 5.77. The van der Waals surface area contributed by atoms with Crippen molar-refractivity contribution in [1.29, 1.82) is 0 Å². The molecule has 1 fully saturated rings. The van der Waals surface area contributed by atoms with Crippen LogP contribution in [0.2, 0.25) is 0 Å². The number of carbonyl (C=O) groups is 1. The van der Waals surface area contributed by atoms with Crippen LogP contribution in [0, 0.1) is 11.6 Å². The van der Waals surface area contributed by atoms with Crippen molar-refractivity contribution in [3.8, 4) is 11.5 Å². The van der Waals surface area contributed by atoms with Crippen LogP contribution in [0.4, 0.5) is 8.78 Å². The number of methoxy groups -OCH3 is 1. The van der Waals surface area contributed by atoms with Crippen molar-refractivity contribution in [2.24, 2.45) is 0 Å². The van der Waals surface area contributed by atoms with Gasteiger partial charge in [0.25, 0.3) is 0 Å². The minimum Gasteiger partial charge on any atom is -0.492 e. The fourth-order valence-electron chi connectivity index (χ4n) is 4.36. The monoisotopic (exact) mass is 530 g/mol. The average molecular weight is 531 g/mol. The lowest BCUT2D eigenvalue weighted by atomic mass is 10.0. The first kappa shape index (κ1) is 27.5. The van der Waals surface area contributed by atoms with Crippen molar-refractivity contribution in [3.05, 3.63) is 78.1 Å². The molecule has 1 aromatic heterocycles.